The summed E-state index contributed by atoms with van der Waals surface area (Å²) >= 11 is 9.29. The molecule has 7 rings (SSSR count). The maximum absolute atomic E-state index is 13.5. The summed E-state index contributed by atoms with van der Waals surface area (Å²) in [5.41, 5.74) is 11.3. The van der Waals surface area contributed by atoms with Gasteiger partial charge in [0.15, 0.2) is 35.1 Å². The van der Waals surface area contributed by atoms with Gasteiger partial charge in [0.2, 0.25) is 5.95 Å². The molecule has 0 aromatic carbocycles. The van der Waals surface area contributed by atoms with E-state index in [-0.39, 0.29) is 34.1 Å². The first-order valence-electron chi connectivity index (χ1n) is 13.0. The van der Waals surface area contributed by atoms with Gasteiger partial charge in [0.1, 0.15) is 48.5 Å². The fourth-order valence-corrected chi connectivity index (χ4v) is 8.20. The highest BCUT2D eigenvalue weighted by Crippen LogP contribution is 2.58. The molecular formula is C20H24N10O11P2S2. The van der Waals surface area contributed by atoms with E-state index in [0.717, 1.165) is 0 Å². The van der Waals surface area contributed by atoms with E-state index in [0.29, 0.717) is 0 Å². The van der Waals surface area contributed by atoms with Crippen molar-refractivity contribution in [3.8, 4) is 0 Å². The summed E-state index contributed by atoms with van der Waals surface area (Å²) in [6.07, 6.45) is -7.27. The fourth-order valence-electron chi connectivity index (χ4n) is 5.30. The first-order chi connectivity index (χ1) is 21.3. The zero-order valence-electron chi connectivity index (χ0n) is 22.4. The Morgan fingerprint density at radius 3 is 2.40 bits per heavy atom. The van der Waals surface area contributed by atoms with Gasteiger partial charge in [-0.1, -0.05) is 12.2 Å². The molecule has 3 saturated heterocycles. The zero-order valence-corrected chi connectivity index (χ0v) is 25.9. The van der Waals surface area contributed by atoms with E-state index in [1.807, 2.05) is 0 Å². The van der Waals surface area contributed by atoms with Crippen LogP contribution in [0.1, 0.15) is 12.5 Å². The molecule has 0 spiro atoms. The van der Waals surface area contributed by atoms with Crippen molar-refractivity contribution in [1.82, 2.24) is 39.0 Å². The number of aliphatic hydroxyl groups is 2. The van der Waals surface area contributed by atoms with E-state index in [1.165, 1.54) is 28.1 Å². The highest BCUT2D eigenvalue weighted by molar-refractivity contribution is 8.44. The molecule has 25 heteroatoms. The molecule has 7 heterocycles. The summed E-state index contributed by atoms with van der Waals surface area (Å²) in [4.78, 5) is 45.9. The average molecular weight is 707 g/mol. The van der Waals surface area contributed by atoms with Gasteiger partial charge in [-0.05, 0) is 11.8 Å². The predicted octanol–water partition coefficient (Wildman–Crippen LogP) is -1.29. The normalized spacial score (nSPS) is 37.7. The van der Waals surface area contributed by atoms with Crippen molar-refractivity contribution in [1.29, 1.82) is 0 Å². The first-order valence-corrected chi connectivity index (χ1v) is 18.2. The minimum Gasteiger partial charge on any atom is -0.387 e. The van der Waals surface area contributed by atoms with Crippen LogP contribution in [0.25, 0.3) is 22.3 Å². The number of imidazole rings is 2. The van der Waals surface area contributed by atoms with Crippen LogP contribution in [-0.4, -0.2) is 104 Å². The van der Waals surface area contributed by atoms with Crippen molar-refractivity contribution in [2.45, 2.75) is 49.1 Å². The summed E-state index contributed by atoms with van der Waals surface area (Å²) in [6, 6.07) is 0. The lowest BCUT2D eigenvalue weighted by Gasteiger charge is -2.27. The number of hydrogen-bond acceptors (Lipinski definition) is 18. The molecule has 0 amide bonds. The van der Waals surface area contributed by atoms with Gasteiger partial charge < -0.3 is 40.6 Å². The number of nitrogens with two attached hydrogens (primary N) is 2. The number of nitrogens with one attached hydrogen (secondary N) is 1. The van der Waals surface area contributed by atoms with E-state index in [2.05, 4.69) is 42.2 Å². The van der Waals surface area contributed by atoms with Crippen molar-refractivity contribution in [2.24, 2.45) is 0 Å². The van der Waals surface area contributed by atoms with Gasteiger partial charge >= 0.3 is 13.5 Å². The number of anilines is 2. The number of nitrogen functional groups attached to an aromatic ring is 2. The predicted molar refractivity (Wildman–Crippen MR) is 157 cm³/mol. The Morgan fingerprint density at radius 1 is 0.933 bits per heavy atom. The number of nitrogens with zero attached hydrogens (tertiary/aromatic N) is 7. The van der Waals surface area contributed by atoms with E-state index < -0.39 is 81.4 Å². The second-order valence-corrected chi connectivity index (χ2v) is 15.8. The number of aliphatic hydroxyl groups excluding tert-OH is 2. The van der Waals surface area contributed by atoms with E-state index in [1.54, 1.807) is 0 Å². The number of aromatic amines is 1. The smallest absolute Gasteiger partial charge is 0.386 e. The monoisotopic (exact) mass is 706 g/mol. The lowest BCUT2D eigenvalue weighted by Crippen LogP contribution is -2.36. The third kappa shape index (κ3) is 5.56. The maximum atomic E-state index is 13.5. The Labute approximate surface area is 260 Å². The molecule has 2 bridgehead atoms. The summed E-state index contributed by atoms with van der Waals surface area (Å²) in [5.74, 6) is -0.132. The Bertz CT molecular complexity index is 1940. The highest BCUT2D eigenvalue weighted by atomic mass is 32.7. The Hall–Kier alpha value is -2.63. The van der Waals surface area contributed by atoms with Crippen LogP contribution in [0.3, 0.4) is 0 Å². The summed E-state index contributed by atoms with van der Waals surface area (Å²) in [6.45, 7) is -9.68. The van der Waals surface area contributed by atoms with Gasteiger partial charge in [-0.15, -0.1) is 0 Å². The fraction of sp³-hybridized carbons (Fsp3) is 0.500. The lowest BCUT2D eigenvalue weighted by atomic mass is 10.1. The van der Waals surface area contributed by atoms with Crippen LogP contribution in [0, 0.1) is 0 Å². The zero-order chi connectivity index (χ0) is 31.8. The number of fused-ring (bicyclic) bond motifs is 5. The molecule has 242 valence electrons. The second-order valence-electron chi connectivity index (χ2n) is 10.1. The van der Waals surface area contributed by atoms with Crippen LogP contribution in [0.4, 0.5) is 11.8 Å². The number of aromatic nitrogens is 8. The van der Waals surface area contributed by atoms with E-state index >= 15 is 0 Å². The van der Waals surface area contributed by atoms with Crippen molar-refractivity contribution in [3.63, 3.8) is 0 Å². The van der Waals surface area contributed by atoms with Gasteiger partial charge in [0.25, 0.3) is 5.56 Å². The van der Waals surface area contributed by atoms with Crippen LogP contribution in [-0.2, 0) is 43.9 Å². The maximum Gasteiger partial charge on any atom is 0.386 e. The number of rotatable bonds is 2. The first kappa shape index (κ1) is 31.0. The van der Waals surface area contributed by atoms with Gasteiger partial charge in [-0.3, -0.25) is 32.5 Å². The van der Waals surface area contributed by atoms with Crippen LogP contribution in [0.15, 0.2) is 23.8 Å². The summed E-state index contributed by atoms with van der Waals surface area (Å²) in [7, 11) is 0. The van der Waals surface area contributed by atoms with Crippen molar-refractivity contribution >= 4 is 71.7 Å². The molecule has 3 aliphatic heterocycles. The van der Waals surface area contributed by atoms with Crippen molar-refractivity contribution in [2.75, 3.05) is 24.7 Å². The van der Waals surface area contributed by atoms with E-state index in [9.17, 15) is 24.5 Å². The van der Waals surface area contributed by atoms with Gasteiger partial charge in [0.05, 0.1) is 25.9 Å². The van der Waals surface area contributed by atoms with Crippen LogP contribution < -0.4 is 17.0 Å². The molecule has 4 aromatic rings. The molecule has 4 aromatic heterocycles. The molecule has 0 aliphatic carbocycles. The van der Waals surface area contributed by atoms with Gasteiger partial charge in [-0.2, -0.15) is 4.98 Å². The quantitative estimate of drug-likeness (QED) is 0.0942. The molecule has 0 saturated carbocycles. The van der Waals surface area contributed by atoms with Gasteiger partial charge in [0, 0.05) is 0 Å². The average Bonchev–Trinajstić information content (AvgIpc) is 3.72. The summed E-state index contributed by atoms with van der Waals surface area (Å²) < 4.78 is 50.5. The Balaban J connectivity index is 1.21. The number of hydrogen-bond donors (Lipinski definition) is 7. The third-order valence-corrected chi connectivity index (χ3v) is 10.5. The molecule has 21 nitrogen and oxygen atoms in total. The van der Waals surface area contributed by atoms with Crippen molar-refractivity contribution in [3.05, 3.63) is 29.3 Å². The molecule has 3 aliphatic rings. The molecule has 8 N–H and O–H groups in total. The van der Waals surface area contributed by atoms with Crippen LogP contribution in [0.2, 0.25) is 0 Å². The number of ether oxygens (including phenoxy) is 2. The molecule has 5 unspecified atom stereocenters. The van der Waals surface area contributed by atoms with Crippen molar-refractivity contribution < 1.29 is 47.2 Å². The highest BCUT2D eigenvalue weighted by Gasteiger charge is 2.53. The van der Waals surface area contributed by atoms with Crippen LogP contribution in [0.5, 0.6) is 0 Å². The number of H-pyrrole nitrogens is 1. The van der Waals surface area contributed by atoms with Crippen LogP contribution >= 0.6 is 25.8 Å². The second kappa shape index (κ2) is 11.3. The topological polar surface area (TPSA) is 292 Å². The number of thiol groups is 1. The third-order valence-electron chi connectivity index (χ3n) is 7.32. The molecule has 10 atom stereocenters. The molecule has 0 radical (unpaired) electrons. The standard InChI is InChI=1S/C20H24N10O11P2S2/c21-14-8-15(24-3-23-14)29(4-25-8)18-11(32)12-7(39-18)2-37-43(35,45)41-13-10(31)6(1-36-42(34,44)40-12)38-19(13)30-5-26-9-16(30)27-20(22)28-17(9)33/h3-7,10-13,18-19,31-32H,1-2H2,(H,34,44)(H,35,45)(H2,21,23,24)(H3,22,27,28,33)/t6-,7-,10?,11+,12?,13?,18-,19-,42?,43?/m1/s1. The molecule has 45 heavy (non-hydrogen) atoms. The summed E-state index contributed by atoms with van der Waals surface area (Å²) in [5, 5.41) is 22.4. The largest absolute Gasteiger partial charge is 0.387 e. The minimum absolute atomic E-state index is 0.0310. The minimum atomic E-state index is -4.37. The van der Waals surface area contributed by atoms with Gasteiger partial charge in [-0.25, -0.2) is 24.5 Å². The Kier molecular flexibility index (Phi) is 7.76. The van der Waals surface area contributed by atoms with E-state index in [4.69, 9.17) is 50.8 Å². The Morgan fingerprint density at radius 2 is 1.62 bits per heavy atom. The SMILES string of the molecule is Nc1nc2c(ncn2[C@@H]2O[C@@H]3COP(O)(=S)OC4[C@@H](COP(=O)(S)OC2C3O)O[C@@H](n2cnc3c(N)ncnc32)[C@H]4O)c(=O)[nH]1. The lowest BCUT2D eigenvalue weighted by molar-refractivity contribution is -0.0588. The molecule has 3 fully saturated rings. The molecular weight excluding hydrogens is 682 g/mol.